The first-order chi connectivity index (χ1) is 6.59. The van der Waals surface area contributed by atoms with Crippen LogP contribution in [0.1, 0.15) is 31.0 Å². The number of nitrogens with one attached hydrogen (secondary N) is 1. The molecule has 1 aromatic rings. The Kier molecular flexibility index (Phi) is 1.99. The number of amides is 1. The number of carbonyl (C=O) groups excluding carboxylic acids is 1. The van der Waals surface area contributed by atoms with Crippen LogP contribution in [0.25, 0.3) is 0 Å². The van der Waals surface area contributed by atoms with Crippen molar-refractivity contribution in [2.45, 2.75) is 19.8 Å². The van der Waals surface area contributed by atoms with Gasteiger partial charge in [-0.15, -0.1) is 0 Å². The molecule has 0 saturated heterocycles. The number of nitrogens with zero attached hydrogens (tertiary/aromatic N) is 1. The molecule has 0 atom stereocenters. The summed E-state index contributed by atoms with van der Waals surface area (Å²) in [6.07, 6.45) is 0. The number of hydrogen-bond donors (Lipinski definition) is 1. The molecule has 14 heavy (non-hydrogen) atoms. The molecule has 0 bridgehead atoms. The Labute approximate surface area is 83.6 Å². The van der Waals surface area contributed by atoms with Crippen LogP contribution < -0.4 is 5.32 Å². The van der Waals surface area contributed by atoms with Crippen molar-refractivity contribution < 1.29 is 4.79 Å². The minimum absolute atomic E-state index is 0.145. The van der Waals surface area contributed by atoms with Gasteiger partial charge < -0.3 is 0 Å². The second-order valence-corrected chi connectivity index (χ2v) is 3.72. The van der Waals surface area contributed by atoms with Gasteiger partial charge in [-0.1, -0.05) is 0 Å². The fourth-order valence-electron chi connectivity index (χ4n) is 1.44. The number of carbonyl (C=O) groups is 1. The molecule has 4 heteroatoms. The van der Waals surface area contributed by atoms with E-state index in [1.165, 1.54) is 0 Å². The number of hydrogen-bond acceptors (Lipinski definition) is 2. The third-order valence-corrected chi connectivity index (χ3v) is 2.34. The van der Waals surface area contributed by atoms with Crippen LogP contribution in [-0.4, -0.2) is 23.8 Å². The van der Waals surface area contributed by atoms with E-state index in [0.717, 1.165) is 11.3 Å². The van der Waals surface area contributed by atoms with Gasteiger partial charge in [0.1, 0.15) is 0 Å². The first-order valence-corrected chi connectivity index (χ1v) is 4.61. The quantitative estimate of drug-likeness (QED) is 0.651. The fourth-order valence-corrected chi connectivity index (χ4v) is 1.44. The summed E-state index contributed by atoms with van der Waals surface area (Å²) < 4.78 is 0. The summed E-state index contributed by atoms with van der Waals surface area (Å²) in [6.45, 7) is 4.14. The van der Waals surface area contributed by atoms with E-state index in [4.69, 9.17) is 0 Å². The number of rotatable bonds is 1. The fraction of sp³-hybridized carbons (Fsp3) is 0.300. The van der Waals surface area contributed by atoms with Crippen LogP contribution in [0.4, 0.5) is 5.82 Å². The van der Waals surface area contributed by atoms with Gasteiger partial charge in [0.2, 0.25) is 0 Å². The molecule has 1 aromatic heterocycles. The molecular formula is C10H11BN2O. The Morgan fingerprint density at radius 2 is 2.14 bits per heavy atom. The average Bonchev–Trinajstić information content (AvgIpc) is 2.42. The van der Waals surface area contributed by atoms with Gasteiger partial charge in [0.25, 0.3) is 0 Å². The number of aromatic nitrogens is 1. The maximum atomic E-state index is 11.3. The van der Waals surface area contributed by atoms with E-state index in [-0.39, 0.29) is 5.91 Å². The van der Waals surface area contributed by atoms with Crippen molar-refractivity contribution in [1.82, 2.24) is 4.98 Å². The third-order valence-electron chi connectivity index (χ3n) is 2.34. The molecule has 1 aliphatic rings. The van der Waals surface area contributed by atoms with Gasteiger partial charge in [-0.3, -0.25) is 0 Å². The zero-order valence-electron chi connectivity index (χ0n) is 8.29. The molecule has 1 N–H and O–H groups in total. The molecule has 0 aromatic carbocycles. The monoisotopic (exact) mass is 186 g/mol. The Balaban J connectivity index is 2.49. The Morgan fingerprint density at radius 3 is 2.79 bits per heavy atom. The SMILES string of the molecule is B=C1C(=O)Nc2nc(C(C)C)ccc21. The third kappa shape index (κ3) is 1.27. The minimum atomic E-state index is -0.145. The second kappa shape index (κ2) is 3.05. The average molecular weight is 186 g/mol. The Bertz CT molecular complexity index is 426. The molecule has 0 radical (unpaired) electrons. The molecule has 1 amide bonds. The predicted octanol–water partition coefficient (Wildman–Crippen LogP) is 0.578. The number of pyridine rings is 1. The normalized spacial score (nSPS) is 14.4. The van der Waals surface area contributed by atoms with Crippen molar-refractivity contribution in [2.24, 2.45) is 0 Å². The zero-order chi connectivity index (χ0) is 10.3. The van der Waals surface area contributed by atoms with E-state index < -0.39 is 0 Å². The molecule has 0 unspecified atom stereocenters. The first kappa shape index (κ1) is 9.12. The Morgan fingerprint density at radius 1 is 1.43 bits per heavy atom. The number of fused-ring (bicyclic) bond motifs is 1. The second-order valence-electron chi connectivity index (χ2n) is 3.72. The molecule has 0 saturated carbocycles. The predicted molar refractivity (Wildman–Crippen MR) is 58.2 cm³/mol. The Hall–Kier alpha value is -1.45. The van der Waals surface area contributed by atoms with E-state index in [1.807, 2.05) is 12.1 Å². The van der Waals surface area contributed by atoms with Gasteiger partial charge in [-0.05, 0) is 0 Å². The molecule has 2 heterocycles. The molecule has 3 nitrogen and oxygen atoms in total. The summed E-state index contributed by atoms with van der Waals surface area (Å²) in [5.41, 5.74) is 2.31. The maximum absolute atomic E-state index is 11.3. The van der Waals surface area contributed by atoms with Crippen molar-refractivity contribution >= 4 is 24.7 Å². The van der Waals surface area contributed by atoms with Crippen LogP contribution in [-0.2, 0) is 4.79 Å². The van der Waals surface area contributed by atoms with Gasteiger partial charge in [0, 0.05) is 0 Å². The molecule has 70 valence electrons. The van der Waals surface area contributed by atoms with Gasteiger partial charge >= 0.3 is 82.9 Å². The molecule has 0 aliphatic carbocycles. The van der Waals surface area contributed by atoms with E-state index in [0.29, 0.717) is 17.2 Å². The van der Waals surface area contributed by atoms with Crippen molar-refractivity contribution in [3.63, 3.8) is 0 Å². The topological polar surface area (TPSA) is 42.0 Å². The van der Waals surface area contributed by atoms with Gasteiger partial charge in [-0.2, -0.15) is 0 Å². The van der Waals surface area contributed by atoms with Crippen molar-refractivity contribution in [1.29, 1.82) is 0 Å². The summed E-state index contributed by atoms with van der Waals surface area (Å²) >= 11 is 0. The summed E-state index contributed by atoms with van der Waals surface area (Å²) in [5, 5.41) is 2.69. The van der Waals surface area contributed by atoms with Gasteiger partial charge in [0.15, 0.2) is 0 Å². The van der Waals surface area contributed by atoms with Crippen LogP contribution in [0.15, 0.2) is 12.1 Å². The molecule has 0 spiro atoms. The number of anilines is 1. The van der Waals surface area contributed by atoms with Crippen molar-refractivity contribution in [3.05, 3.63) is 23.4 Å². The standard InChI is InChI=1S/C10H11BN2O/c1-5(2)7-4-3-6-8(11)10(14)13-9(6)12-7/h3-5,11H,1-2H3,(H,12,13,14). The van der Waals surface area contributed by atoms with Crippen LogP contribution >= 0.6 is 0 Å². The van der Waals surface area contributed by atoms with Crippen molar-refractivity contribution in [3.8, 4) is 0 Å². The van der Waals surface area contributed by atoms with Crippen LogP contribution in [0.2, 0.25) is 0 Å². The molecule has 0 fully saturated rings. The molecular weight excluding hydrogens is 175 g/mol. The van der Waals surface area contributed by atoms with Gasteiger partial charge in [0.05, 0.1) is 0 Å². The van der Waals surface area contributed by atoms with E-state index in [2.05, 4.69) is 31.6 Å². The van der Waals surface area contributed by atoms with E-state index in [1.54, 1.807) is 0 Å². The molecule has 1 aliphatic heterocycles. The van der Waals surface area contributed by atoms with E-state index in [9.17, 15) is 4.79 Å². The zero-order valence-corrected chi connectivity index (χ0v) is 8.29. The summed E-state index contributed by atoms with van der Waals surface area (Å²) in [5.74, 6) is 0.866. The summed E-state index contributed by atoms with van der Waals surface area (Å²) in [6, 6.07) is 3.84. The summed E-state index contributed by atoms with van der Waals surface area (Å²) in [7, 11) is 3.70. The first-order valence-electron chi connectivity index (χ1n) is 4.61. The van der Waals surface area contributed by atoms with Gasteiger partial charge in [-0.25, -0.2) is 0 Å². The molecule has 2 rings (SSSR count). The van der Waals surface area contributed by atoms with Crippen LogP contribution in [0.5, 0.6) is 0 Å². The summed E-state index contributed by atoms with van der Waals surface area (Å²) in [4.78, 5) is 15.6. The van der Waals surface area contributed by atoms with Crippen molar-refractivity contribution in [2.75, 3.05) is 5.32 Å². The van der Waals surface area contributed by atoms with E-state index >= 15 is 0 Å². The van der Waals surface area contributed by atoms with Crippen LogP contribution in [0.3, 0.4) is 0 Å². The van der Waals surface area contributed by atoms with Crippen LogP contribution in [0, 0.1) is 0 Å².